The van der Waals surface area contributed by atoms with Crippen molar-refractivity contribution in [2.75, 3.05) is 13.1 Å². The van der Waals surface area contributed by atoms with E-state index in [2.05, 4.69) is 26.9 Å². The molecular formula is C11H14BrClN2. The van der Waals surface area contributed by atoms with Crippen LogP contribution in [0.15, 0.2) is 22.7 Å². The lowest BCUT2D eigenvalue weighted by Crippen LogP contribution is -2.26. The van der Waals surface area contributed by atoms with Crippen molar-refractivity contribution in [2.45, 2.75) is 19.0 Å². The lowest BCUT2D eigenvalue weighted by atomic mass is 10.2. The standard InChI is InChI=1S/C11H14BrClN2/c12-9-2-1-8(11(13)5-9)6-15-4-3-10(14)7-15/h1-2,5,10H,3-4,6-7,14H2/t10-/m1/s1. The highest BCUT2D eigenvalue weighted by atomic mass is 79.9. The Morgan fingerprint density at radius 1 is 1.53 bits per heavy atom. The van der Waals surface area contributed by atoms with Gasteiger partial charge in [-0.15, -0.1) is 0 Å². The smallest absolute Gasteiger partial charge is 0.0462 e. The molecule has 82 valence electrons. The molecule has 0 amide bonds. The SMILES string of the molecule is N[C@@H]1CCN(Cc2ccc(Br)cc2Cl)C1. The zero-order valence-corrected chi connectivity index (χ0v) is 10.8. The zero-order valence-electron chi connectivity index (χ0n) is 8.42. The van der Waals surface area contributed by atoms with Crippen molar-refractivity contribution < 1.29 is 0 Å². The third kappa shape index (κ3) is 2.94. The first-order chi connectivity index (χ1) is 7.15. The Hall–Kier alpha value is -0.0900. The summed E-state index contributed by atoms with van der Waals surface area (Å²) in [7, 11) is 0. The monoisotopic (exact) mass is 288 g/mol. The largest absolute Gasteiger partial charge is 0.326 e. The summed E-state index contributed by atoms with van der Waals surface area (Å²) in [6.07, 6.45) is 1.09. The van der Waals surface area contributed by atoms with Crippen LogP contribution in [0.1, 0.15) is 12.0 Å². The summed E-state index contributed by atoms with van der Waals surface area (Å²) in [6, 6.07) is 6.36. The molecule has 2 nitrogen and oxygen atoms in total. The molecular weight excluding hydrogens is 275 g/mol. The van der Waals surface area contributed by atoms with Crippen molar-refractivity contribution in [2.24, 2.45) is 5.73 Å². The fourth-order valence-electron chi connectivity index (χ4n) is 1.90. The third-order valence-electron chi connectivity index (χ3n) is 2.72. The average molecular weight is 290 g/mol. The fourth-order valence-corrected chi connectivity index (χ4v) is 2.63. The first-order valence-electron chi connectivity index (χ1n) is 5.07. The van der Waals surface area contributed by atoms with Gasteiger partial charge in [0.2, 0.25) is 0 Å². The lowest BCUT2D eigenvalue weighted by molar-refractivity contribution is 0.327. The summed E-state index contributed by atoms with van der Waals surface area (Å²) in [4.78, 5) is 2.35. The summed E-state index contributed by atoms with van der Waals surface area (Å²) in [5.41, 5.74) is 7.03. The van der Waals surface area contributed by atoms with Crippen molar-refractivity contribution >= 4 is 27.5 Å². The van der Waals surface area contributed by atoms with E-state index in [0.717, 1.165) is 35.6 Å². The topological polar surface area (TPSA) is 29.3 Å². The molecule has 0 spiro atoms. The van der Waals surface area contributed by atoms with Crippen LogP contribution in [0.2, 0.25) is 5.02 Å². The van der Waals surface area contributed by atoms with E-state index in [1.807, 2.05) is 12.1 Å². The zero-order chi connectivity index (χ0) is 10.8. The number of nitrogens with zero attached hydrogens (tertiary/aromatic N) is 1. The number of likely N-dealkylation sites (tertiary alicyclic amines) is 1. The number of nitrogens with two attached hydrogens (primary N) is 1. The van der Waals surface area contributed by atoms with Crippen LogP contribution in [0.4, 0.5) is 0 Å². The van der Waals surface area contributed by atoms with Crippen LogP contribution in [0, 0.1) is 0 Å². The molecule has 4 heteroatoms. The fraction of sp³-hybridized carbons (Fsp3) is 0.455. The molecule has 1 atom stereocenters. The minimum atomic E-state index is 0.333. The molecule has 1 aromatic rings. The minimum Gasteiger partial charge on any atom is -0.326 e. The van der Waals surface area contributed by atoms with Crippen molar-refractivity contribution in [3.8, 4) is 0 Å². The quantitative estimate of drug-likeness (QED) is 0.907. The minimum absolute atomic E-state index is 0.333. The molecule has 1 aromatic carbocycles. The summed E-state index contributed by atoms with van der Waals surface area (Å²) in [5.74, 6) is 0. The predicted molar refractivity (Wildman–Crippen MR) is 67.0 cm³/mol. The van der Waals surface area contributed by atoms with E-state index >= 15 is 0 Å². The normalized spacial score (nSPS) is 22.2. The van der Waals surface area contributed by atoms with Crippen LogP contribution in [0.5, 0.6) is 0 Å². The molecule has 1 aliphatic rings. The Bertz CT molecular complexity index is 356. The molecule has 0 bridgehead atoms. The summed E-state index contributed by atoms with van der Waals surface area (Å²) in [6.45, 7) is 2.96. The van der Waals surface area contributed by atoms with Gasteiger partial charge in [-0.3, -0.25) is 4.90 Å². The van der Waals surface area contributed by atoms with Crippen molar-refractivity contribution in [3.63, 3.8) is 0 Å². The highest BCUT2D eigenvalue weighted by Crippen LogP contribution is 2.23. The third-order valence-corrected chi connectivity index (χ3v) is 3.56. The van der Waals surface area contributed by atoms with Gasteiger partial charge >= 0.3 is 0 Å². The lowest BCUT2D eigenvalue weighted by Gasteiger charge is -2.16. The summed E-state index contributed by atoms with van der Waals surface area (Å²) in [5, 5.41) is 0.824. The van der Waals surface area contributed by atoms with Crippen LogP contribution >= 0.6 is 27.5 Å². The Labute approximate surface area is 104 Å². The molecule has 1 aliphatic heterocycles. The number of hydrogen-bond donors (Lipinski definition) is 1. The summed E-state index contributed by atoms with van der Waals surface area (Å²) < 4.78 is 1.02. The highest BCUT2D eigenvalue weighted by Gasteiger charge is 2.19. The Kier molecular flexibility index (Phi) is 3.67. The van der Waals surface area contributed by atoms with Gasteiger partial charge in [-0.05, 0) is 24.1 Å². The van der Waals surface area contributed by atoms with Gasteiger partial charge in [0.05, 0.1) is 0 Å². The Morgan fingerprint density at radius 3 is 2.93 bits per heavy atom. The van der Waals surface area contributed by atoms with E-state index in [1.54, 1.807) is 0 Å². The van der Waals surface area contributed by atoms with E-state index in [9.17, 15) is 0 Å². The molecule has 0 unspecified atom stereocenters. The summed E-state index contributed by atoms with van der Waals surface area (Å²) >= 11 is 9.56. The predicted octanol–water partition coefficient (Wildman–Crippen LogP) is 2.64. The molecule has 0 aliphatic carbocycles. The first-order valence-corrected chi connectivity index (χ1v) is 6.24. The van der Waals surface area contributed by atoms with Crippen LogP contribution in [0.3, 0.4) is 0 Å². The number of benzene rings is 1. The van der Waals surface area contributed by atoms with Crippen molar-refractivity contribution in [1.29, 1.82) is 0 Å². The molecule has 1 fully saturated rings. The van der Waals surface area contributed by atoms with Gasteiger partial charge in [0, 0.05) is 35.2 Å². The maximum atomic E-state index is 6.16. The van der Waals surface area contributed by atoms with E-state index in [1.165, 1.54) is 5.56 Å². The molecule has 15 heavy (non-hydrogen) atoms. The van der Waals surface area contributed by atoms with Crippen LogP contribution in [0.25, 0.3) is 0 Å². The van der Waals surface area contributed by atoms with Gasteiger partial charge in [-0.25, -0.2) is 0 Å². The number of halogens is 2. The van der Waals surface area contributed by atoms with Gasteiger partial charge < -0.3 is 5.73 Å². The maximum Gasteiger partial charge on any atom is 0.0462 e. The number of hydrogen-bond acceptors (Lipinski definition) is 2. The second-order valence-corrected chi connectivity index (χ2v) is 5.34. The van der Waals surface area contributed by atoms with Gasteiger partial charge in [-0.2, -0.15) is 0 Å². The van der Waals surface area contributed by atoms with Crippen molar-refractivity contribution in [1.82, 2.24) is 4.90 Å². The van der Waals surface area contributed by atoms with Gasteiger partial charge in [-0.1, -0.05) is 33.6 Å². The molecule has 2 rings (SSSR count). The van der Waals surface area contributed by atoms with Gasteiger partial charge in [0.1, 0.15) is 0 Å². The first kappa shape index (κ1) is 11.4. The van der Waals surface area contributed by atoms with E-state index in [0.29, 0.717) is 6.04 Å². The van der Waals surface area contributed by atoms with Gasteiger partial charge in [0.25, 0.3) is 0 Å². The molecule has 2 N–H and O–H groups in total. The Balaban J connectivity index is 2.04. The van der Waals surface area contributed by atoms with Crippen LogP contribution in [-0.2, 0) is 6.54 Å². The van der Waals surface area contributed by atoms with Gasteiger partial charge in [0.15, 0.2) is 0 Å². The van der Waals surface area contributed by atoms with Crippen LogP contribution in [-0.4, -0.2) is 24.0 Å². The van der Waals surface area contributed by atoms with E-state index < -0.39 is 0 Å². The molecule has 0 aromatic heterocycles. The van der Waals surface area contributed by atoms with Crippen molar-refractivity contribution in [3.05, 3.63) is 33.3 Å². The Morgan fingerprint density at radius 2 is 2.33 bits per heavy atom. The average Bonchev–Trinajstić information content (AvgIpc) is 2.56. The second kappa shape index (κ2) is 4.83. The number of rotatable bonds is 2. The molecule has 1 saturated heterocycles. The highest BCUT2D eigenvalue weighted by molar-refractivity contribution is 9.10. The second-order valence-electron chi connectivity index (χ2n) is 4.02. The molecule has 0 radical (unpaired) electrons. The van der Waals surface area contributed by atoms with Crippen LogP contribution < -0.4 is 5.73 Å². The maximum absolute atomic E-state index is 6.16. The molecule has 1 heterocycles. The molecule has 0 saturated carbocycles. The van der Waals surface area contributed by atoms with E-state index in [-0.39, 0.29) is 0 Å². The van der Waals surface area contributed by atoms with E-state index in [4.69, 9.17) is 17.3 Å².